The molecule has 0 unspecified atom stereocenters. The molecule has 0 atom stereocenters. The lowest BCUT2D eigenvalue weighted by atomic mass is 9.83. The maximum absolute atomic E-state index is 11.9. The molecule has 0 radical (unpaired) electrons. The number of aromatic nitrogens is 1. The van der Waals surface area contributed by atoms with Gasteiger partial charge in [0.05, 0.1) is 0 Å². The molecule has 0 aromatic carbocycles. The number of amides is 1. The molecule has 98 valence electrons. The summed E-state index contributed by atoms with van der Waals surface area (Å²) in [6.07, 6.45) is 7.45. The summed E-state index contributed by atoms with van der Waals surface area (Å²) in [6.45, 7) is 2.86. The molecule has 1 aromatic heterocycles. The molecule has 0 aliphatic heterocycles. The fraction of sp³-hybridized carbons (Fsp3) is 0.571. The van der Waals surface area contributed by atoms with Crippen LogP contribution in [0.1, 0.15) is 49.5 Å². The van der Waals surface area contributed by atoms with Gasteiger partial charge in [-0.05, 0) is 36.8 Å². The smallest absolute Gasteiger partial charge is 0.273 e. The molecule has 0 bridgehead atoms. The topological polar surface area (TPSA) is 62.2 Å². The number of hydrogen-bond acceptors (Lipinski definition) is 3. The first-order valence-electron chi connectivity index (χ1n) is 6.59. The first-order valence-corrected chi connectivity index (χ1v) is 6.59. The van der Waals surface area contributed by atoms with Crippen molar-refractivity contribution < 1.29 is 9.90 Å². The third kappa shape index (κ3) is 2.63. The number of pyridine rings is 1. The van der Waals surface area contributed by atoms with E-state index < -0.39 is 0 Å². The van der Waals surface area contributed by atoms with Gasteiger partial charge in [0, 0.05) is 12.7 Å². The van der Waals surface area contributed by atoms with E-state index in [0.717, 1.165) is 6.42 Å². The number of carbonyl (C=O) groups excluding carboxylic acids is 1. The van der Waals surface area contributed by atoms with E-state index >= 15 is 0 Å². The van der Waals surface area contributed by atoms with E-state index in [4.69, 9.17) is 0 Å². The predicted octanol–water partition coefficient (Wildman–Crippen LogP) is 2.49. The van der Waals surface area contributed by atoms with Crippen LogP contribution in [0.3, 0.4) is 0 Å². The van der Waals surface area contributed by atoms with E-state index in [0.29, 0.717) is 6.54 Å². The van der Waals surface area contributed by atoms with Crippen LogP contribution < -0.4 is 5.32 Å². The molecule has 4 heteroatoms. The lowest BCUT2D eigenvalue weighted by Crippen LogP contribution is -2.36. The van der Waals surface area contributed by atoms with Gasteiger partial charge in [0.2, 0.25) is 0 Å². The van der Waals surface area contributed by atoms with Crippen LogP contribution in [0.5, 0.6) is 5.75 Å². The highest BCUT2D eigenvalue weighted by Crippen LogP contribution is 2.40. The molecule has 1 aliphatic carbocycles. The first kappa shape index (κ1) is 12.9. The summed E-state index contributed by atoms with van der Waals surface area (Å²) < 4.78 is 0. The summed E-state index contributed by atoms with van der Waals surface area (Å²) in [4.78, 5) is 15.9. The molecular formula is C14H20N2O2. The lowest BCUT2D eigenvalue weighted by molar-refractivity contribution is 0.0921. The van der Waals surface area contributed by atoms with Crippen molar-refractivity contribution in [1.29, 1.82) is 0 Å². The van der Waals surface area contributed by atoms with Crippen molar-refractivity contribution in [2.45, 2.75) is 39.0 Å². The number of aromatic hydroxyl groups is 1. The van der Waals surface area contributed by atoms with E-state index in [9.17, 15) is 9.90 Å². The zero-order valence-corrected chi connectivity index (χ0v) is 10.8. The van der Waals surface area contributed by atoms with E-state index in [1.807, 2.05) is 0 Å². The Labute approximate surface area is 107 Å². The highest BCUT2D eigenvalue weighted by molar-refractivity contribution is 5.94. The van der Waals surface area contributed by atoms with Crippen LogP contribution in [0.4, 0.5) is 0 Å². The third-order valence-electron chi connectivity index (χ3n) is 4.04. The van der Waals surface area contributed by atoms with Crippen LogP contribution in [0.2, 0.25) is 0 Å². The maximum Gasteiger partial charge on any atom is 0.273 e. The summed E-state index contributed by atoms with van der Waals surface area (Å²) >= 11 is 0. The molecule has 1 saturated carbocycles. The van der Waals surface area contributed by atoms with Gasteiger partial charge < -0.3 is 10.4 Å². The van der Waals surface area contributed by atoms with Crippen LogP contribution in [-0.4, -0.2) is 22.5 Å². The van der Waals surface area contributed by atoms with E-state index in [1.54, 1.807) is 6.07 Å². The van der Waals surface area contributed by atoms with Gasteiger partial charge in [-0.2, -0.15) is 0 Å². The Morgan fingerprint density at radius 3 is 2.83 bits per heavy atom. The van der Waals surface area contributed by atoms with Crippen molar-refractivity contribution in [3.05, 3.63) is 24.0 Å². The van der Waals surface area contributed by atoms with Gasteiger partial charge in [0.25, 0.3) is 5.91 Å². The zero-order chi connectivity index (χ0) is 13.0. The second-order valence-corrected chi connectivity index (χ2v) is 5.11. The fourth-order valence-corrected chi connectivity index (χ4v) is 2.70. The maximum atomic E-state index is 11.9. The van der Waals surface area contributed by atoms with Gasteiger partial charge in [-0.3, -0.25) is 4.79 Å². The lowest BCUT2D eigenvalue weighted by Gasteiger charge is -2.27. The molecule has 0 saturated heterocycles. The van der Waals surface area contributed by atoms with Crippen LogP contribution in [0, 0.1) is 5.41 Å². The summed E-state index contributed by atoms with van der Waals surface area (Å²) in [7, 11) is 0. The molecular weight excluding hydrogens is 228 g/mol. The highest BCUT2D eigenvalue weighted by atomic mass is 16.3. The molecule has 2 N–H and O–H groups in total. The minimum absolute atomic E-state index is 0.0630. The van der Waals surface area contributed by atoms with Crippen molar-refractivity contribution in [1.82, 2.24) is 10.3 Å². The Bertz CT molecular complexity index is 426. The molecule has 4 nitrogen and oxygen atoms in total. The second-order valence-electron chi connectivity index (χ2n) is 5.11. The van der Waals surface area contributed by atoms with Crippen molar-refractivity contribution in [3.8, 4) is 5.75 Å². The van der Waals surface area contributed by atoms with Crippen LogP contribution in [-0.2, 0) is 0 Å². The Hall–Kier alpha value is -1.58. The van der Waals surface area contributed by atoms with E-state index in [-0.39, 0.29) is 22.8 Å². The molecule has 1 aliphatic rings. The Morgan fingerprint density at radius 2 is 2.22 bits per heavy atom. The normalized spacial score (nSPS) is 17.6. The summed E-state index contributed by atoms with van der Waals surface area (Å²) in [5, 5.41) is 12.5. The monoisotopic (exact) mass is 248 g/mol. The van der Waals surface area contributed by atoms with E-state index in [1.165, 1.54) is 37.9 Å². The number of nitrogens with zero attached hydrogens (tertiary/aromatic N) is 1. The quantitative estimate of drug-likeness (QED) is 0.860. The zero-order valence-electron chi connectivity index (χ0n) is 10.8. The molecule has 2 rings (SSSR count). The molecule has 0 spiro atoms. The Balaban J connectivity index is 1.98. The second kappa shape index (κ2) is 5.38. The standard InChI is InChI=1S/C14H20N2O2/c1-2-14(7-3-4-8-14)10-16-13(18)12-11(17)6-5-9-15-12/h5-6,9,17H,2-4,7-8,10H2,1H3,(H,16,18). The third-order valence-corrected chi connectivity index (χ3v) is 4.04. The van der Waals surface area contributed by atoms with Crippen LogP contribution >= 0.6 is 0 Å². The van der Waals surface area contributed by atoms with Gasteiger partial charge in [-0.15, -0.1) is 0 Å². The van der Waals surface area contributed by atoms with Gasteiger partial charge >= 0.3 is 0 Å². The van der Waals surface area contributed by atoms with Crippen molar-refractivity contribution in [2.24, 2.45) is 5.41 Å². The van der Waals surface area contributed by atoms with Crippen molar-refractivity contribution in [3.63, 3.8) is 0 Å². The first-order chi connectivity index (χ1) is 8.67. The molecule has 18 heavy (non-hydrogen) atoms. The number of rotatable bonds is 4. The van der Waals surface area contributed by atoms with Gasteiger partial charge in [0.1, 0.15) is 5.75 Å². The van der Waals surface area contributed by atoms with Gasteiger partial charge in [-0.25, -0.2) is 4.98 Å². The van der Waals surface area contributed by atoms with Gasteiger partial charge in [-0.1, -0.05) is 19.8 Å². The van der Waals surface area contributed by atoms with Crippen LogP contribution in [0.25, 0.3) is 0 Å². The fourth-order valence-electron chi connectivity index (χ4n) is 2.70. The van der Waals surface area contributed by atoms with Crippen molar-refractivity contribution in [2.75, 3.05) is 6.54 Å². The minimum Gasteiger partial charge on any atom is -0.505 e. The van der Waals surface area contributed by atoms with Crippen molar-refractivity contribution >= 4 is 5.91 Å². The van der Waals surface area contributed by atoms with E-state index in [2.05, 4.69) is 17.2 Å². The van der Waals surface area contributed by atoms with Crippen LogP contribution in [0.15, 0.2) is 18.3 Å². The SMILES string of the molecule is CCC1(CNC(=O)c2ncccc2O)CCCC1. The number of nitrogens with one attached hydrogen (secondary N) is 1. The highest BCUT2D eigenvalue weighted by Gasteiger charge is 2.32. The Kier molecular flexibility index (Phi) is 3.84. The summed E-state index contributed by atoms with van der Waals surface area (Å²) in [6, 6.07) is 3.09. The van der Waals surface area contributed by atoms with Gasteiger partial charge in [0.15, 0.2) is 5.69 Å². The summed E-state index contributed by atoms with van der Waals surface area (Å²) in [5.41, 5.74) is 0.363. The summed E-state index contributed by atoms with van der Waals surface area (Å²) in [5.74, 6) is -0.347. The average molecular weight is 248 g/mol. The molecule has 1 amide bonds. The average Bonchev–Trinajstić information content (AvgIpc) is 2.86. The largest absolute Gasteiger partial charge is 0.505 e. The predicted molar refractivity (Wildman–Crippen MR) is 69.4 cm³/mol. The molecule has 1 aromatic rings. The number of hydrogen-bond donors (Lipinski definition) is 2. The minimum atomic E-state index is -0.284. The number of carbonyl (C=O) groups is 1. The Morgan fingerprint density at radius 1 is 1.50 bits per heavy atom. The molecule has 1 heterocycles. The molecule has 1 fully saturated rings.